The van der Waals surface area contributed by atoms with Crippen molar-refractivity contribution in [1.29, 1.82) is 0 Å². The van der Waals surface area contributed by atoms with Crippen LogP contribution in [0.4, 0.5) is 17.1 Å². The Morgan fingerprint density at radius 2 is 0.843 bits per heavy atom. The van der Waals surface area contributed by atoms with Crippen molar-refractivity contribution in [2.75, 3.05) is 4.90 Å². The molecule has 2 aromatic heterocycles. The maximum Gasteiger partial charge on any atom is 0.0782 e. The molecular formula is C48H33N3. The van der Waals surface area contributed by atoms with Crippen LogP contribution in [0.3, 0.4) is 0 Å². The molecule has 0 saturated carbocycles. The van der Waals surface area contributed by atoms with Crippen LogP contribution < -0.4 is 4.90 Å². The fraction of sp³-hybridized carbons (Fsp3) is 0. The van der Waals surface area contributed by atoms with E-state index < -0.39 is 0 Å². The molecule has 0 aliphatic heterocycles. The molecule has 0 fully saturated rings. The summed E-state index contributed by atoms with van der Waals surface area (Å²) in [5, 5.41) is 4.93. The summed E-state index contributed by atoms with van der Waals surface area (Å²) in [6.07, 6.45) is 0. The number of anilines is 3. The summed E-state index contributed by atoms with van der Waals surface area (Å²) in [6.45, 7) is 0. The van der Waals surface area contributed by atoms with Crippen LogP contribution in [0, 0.1) is 0 Å². The first kappa shape index (κ1) is 29.1. The second-order valence-electron chi connectivity index (χ2n) is 13.0. The Bertz CT molecular complexity index is 2830. The SMILES string of the molecule is c1ccc(-c2ccc(-n3c4ccccc4c4cccc(N(c5ccccc5)c5ccc6c7ccccc7n(-c7ccccc7)c6c5)c43)cc2)cc1. The number of hydrogen-bond acceptors (Lipinski definition) is 1. The Balaban J connectivity index is 1.25. The molecular weight excluding hydrogens is 619 g/mol. The largest absolute Gasteiger partial charge is 0.309 e. The molecule has 10 rings (SSSR count). The third-order valence-corrected chi connectivity index (χ3v) is 10.1. The topological polar surface area (TPSA) is 13.1 Å². The number of hydrogen-bond donors (Lipinski definition) is 0. The zero-order valence-electron chi connectivity index (χ0n) is 27.9. The molecule has 0 radical (unpaired) electrons. The summed E-state index contributed by atoms with van der Waals surface area (Å²) in [6, 6.07) is 72.1. The van der Waals surface area contributed by atoms with Gasteiger partial charge in [0.2, 0.25) is 0 Å². The second-order valence-corrected chi connectivity index (χ2v) is 13.0. The molecule has 0 saturated heterocycles. The standard InChI is InChI=1S/C48H33N3/c1-4-15-34(16-5-1)35-27-29-38(30-28-35)51-45-25-13-11-22-41(45)43-23-14-26-46(48(43)51)49(36-17-6-2-7-18-36)39-31-32-42-40-21-10-12-24-44(40)50(47(42)33-39)37-19-8-3-9-20-37/h1-33H. The monoisotopic (exact) mass is 651 g/mol. The number of benzene rings is 8. The smallest absolute Gasteiger partial charge is 0.0782 e. The highest BCUT2D eigenvalue weighted by Gasteiger charge is 2.22. The minimum Gasteiger partial charge on any atom is -0.309 e. The van der Waals surface area contributed by atoms with E-state index in [4.69, 9.17) is 0 Å². The molecule has 8 aromatic carbocycles. The number of para-hydroxylation sites is 5. The van der Waals surface area contributed by atoms with Crippen LogP contribution in [0.25, 0.3) is 66.1 Å². The summed E-state index contributed by atoms with van der Waals surface area (Å²) < 4.78 is 4.83. The average molecular weight is 652 g/mol. The molecule has 0 N–H and O–H groups in total. The predicted molar refractivity (Wildman–Crippen MR) is 215 cm³/mol. The van der Waals surface area contributed by atoms with Gasteiger partial charge in [0.1, 0.15) is 0 Å². The molecule has 0 aliphatic rings. The van der Waals surface area contributed by atoms with Gasteiger partial charge < -0.3 is 14.0 Å². The molecule has 3 nitrogen and oxygen atoms in total. The van der Waals surface area contributed by atoms with Crippen molar-refractivity contribution in [2.24, 2.45) is 0 Å². The molecule has 240 valence electrons. The Labute approximate surface area is 296 Å². The van der Waals surface area contributed by atoms with Crippen LogP contribution in [0.15, 0.2) is 200 Å². The minimum absolute atomic E-state index is 1.09. The van der Waals surface area contributed by atoms with E-state index in [9.17, 15) is 0 Å². The molecule has 0 atom stereocenters. The lowest BCUT2D eigenvalue weighted by atomic mass is 10.1. The average Bonchev–Trinajstić information content (AvgIpc) is 3.72. The van der Waals surface area contributed by atoms with E-state index in [1.165, 1.54) is 54.7 Å². The molecule has 0 aliphatic carbocycles. The van der Waals surface area contributed by atoms with Crippen LogP contribution in [0.5, 0.6) is 0 Å². The molecule has 10 aromatic rings. The van der Waals surface area contributed by atoms with E-state index in [1.807, 2.05) is 0 Å². The van der Waals surface area contributed by atoms with Gasteiger partial charge >= 0.3 is 0 Å². The molecule has 51 heavy (non-hydrogen) atoms. The van der Waals surface area contributed by atoms with Gasteiger partial charge in [-0.2, -0.15) is 0 Å². The Hall–Kier alpha value is -6.84. The second kappa shape index (κ2) is 11.9. The lowest BCUT2D eigenvalue weighted by Gasteiger charge is -2.27. The van der Waals surface area contributed by atoms with Crippen LogP contribution in [0.2, 0.25) is 0 Å². The Kier molecular flexibility index (Phi) is 6.81. The van der Waals surface area contributed by atoms with E-state index in [2.05, 4.69) is 214 Å². The van der Waals surface area contributed by atoms with Crippen LogP contribution >= 0.6 is 0 Å². The normalized spacial score (nSPS) is 11.5. The maximum absolute atomic E-state index is 2.43. The van der Waals surface area contributed by atoms with Gasteiger partial charge in [0.25, 0.3) is 0 Å². The molecule has 3 heteroatoms. The van der Waals surface area contributed by atoms with Crippen molar-refractivity contribution < 1.29 is 0 Å². The van der Waals surface area contributed by atoms with E-state index in [0.717, 1.165) is 28.4 Å². The van der Waals surface area contributed by atoms with Crippen LogP contribution in [0.1, 0.15) is 0 Å². The van der Waals surface area contributed by atoms with Gasteiger partial charge in [-0.05, 0) is 77.9 Å². The first-order valence-corrected chi connectivity index (χ1v) is 17.5. The third kappa shape index (κ3) is 4.74. The van der Waals surface area contributed by atoms with Crippen molar-refractivity contribution in [3.05, 3.63) is 200 Å². The molecule has 0 unspecified atom stereocenters. The van der Waals surface area contributed by atoms with Gasteiger partial charge in [-0.1, -0.05) is 133 Å². The zero-order chi connectivity index (χ0) is 33.7. The summed E-state index contributed by atoms with van der Waals surface area (Å²) in [5.41, 5.74) is 12.7. The summed E-state index contributed by atoms with van der Waals surface area (Å²) in [4.78, 5) is 2.42. The first-order chi connectivity index (χ1) is 25.3. The third-order valence-electron chi connectivity index (χ3n) is 10.1. The van der Waals surface area contributed by atoms with Gasteiger partial charge in [0, 0.05) is 44.3 Å². The van der Waals surface area contributed by atoms with Crippen molar-refractivity contribution in [2.45, 2.75) is 0 Å². The van der Waals surface area contributed by atoms with Gasteiger partial charge in [-0.25, -0.2) is 0 Å². The predicted octanol–water partition coefficient (Wildman–Crippen LogP) is 13.0. The zero-order valence-corrected chi connectivity index (χ0v) is 27.9. The number of rotatable bonds is 6. The lowest BCUT2D eigenvalue weighted by Crippen LogP contribution is -2.11. The van der Waals surface area contributed by atoms with Gasteiger partial charge in [0.15, 0.2) is 0 Å². The Morgan fingerprint density at radius 1 is 0.314 bits per heavy atom. The summed E-state index contributed by atoms with van der Waals surface area (Å²) >= 11 is 0. The molecule has 2 heterocycles. The fourth-order valence-electron chi connectivity index (χ4n) is 7.84. The molecule has 0 amide bonds. The highest BCUT2D eigenvalue weighted by Crippen LogP contribution is 2.45. The van der Waals surface area contributed by atoms with Gasteiger partial charge in [-0.3, -0.25) is 0 Å². The summed E-state index contributed by atoms with van der Waals surface area (Å²) in [5.74, 6) is 0. The highest BCUT2D eigenvalue weighted by molar-refractivity contribution is 6.15. The van der Waals surface area contributed by atoms with Crippen molar-refractivity contribution in [1.82, 2.24) is 9.13 Å². The van der Waals surface area contributed by atoms with E-state index in [0.29, 0.717) is 0 Å². The fourth-order valence-corrected chi connectivity index (χ4v) is 7.84. The van der Waals surface area contributed by atoms with Gasteiger partial charge in [0.05, 0.1) is 27.8 Å². The van der Waals surface area contributed by atoms with Crippen molar-refractivity contribution in [3.8, 4) is 22.5 Å². The molecule has 0 spiro atoms. The van der Waals surface area contributed by atoms with Crippen LogP contribution in [-0.4, -0.2) is 9.13 Å². The van der Waals surface area contributed by atoms with Gasteiger partial charge in [-0.15, -0.1) is 0 Å². The van der Waals surface area contributed by atoms with E-state index in [1.54, 1.807) is 0 Å². The highest BCUT2D eigenvalue weighted by atomic mass is 15.2. The first-order valence-electron chi connectivity index (χ1n) is 17.5. The van der Waals surface area contributed by atoms with E-state index in [-0.39, 0.29) is 0 Å². The van der Waals surface area contributed by atoms with Crippen molar-refractivity contribution in [3.63, 3.8) is 0 Å². The van der Waals surface area contributed by atoms with Crippen LogP contribution in [-0.2, 0) is 0 Å². The number of fused-ring (bicyclic) bond motifs is 6. The van der Waals surface area contributed by atoms with Crippen molar-refractivity contribution >= 4 is 60.7 Å². The quantitative estimate of drug-likeness (QED) is 0.174. The minimum atomic E-state index is 1.09. The Morgan fingerprint density at radius 3 is 1.57 bits per heavy atom. The molecule has 0 bridgehead atoms. The number of nitrogens with zero attached hydrogens (tertiary/aromatic N) is 3. The number of aromatic nitrogens is 2. The van der Waals surface area contributed by atoms with E-state index >= 15 is 0 Å². The summed E-state index contributed by atoms with van der Waals surface area (Å²) in [7, 11) is 0. The lowest BCUT2D eigenvalue weighted by molar-refractivity contribution is 1.16. The maximum atomic E-state index is 2.43.